The van der Waals surface area contributed by atoms with E-state index in [9.17, 15) is 0 Å². The summed E-state index contributed by atoms with van der Waals surface area (Å²) < 4.78 is 6.71. The zero-order valence-corrected chi connectivity index (χ0v) is 13.8. The molecule has 0 bridgehead atoms. The highest BCUT2D eigenvalue weighted by molar-refractivity contribution is 9.10. The second-order valence-corrected chi connectivity index (χ2v) is 6.50. The van der Waals surface area contributed by atoms with E-state index < -0.39 is 0 Å². The molecule has 3 nitrogen and oxygen atoms in total. The molecule has 0 aliphatic rings. The van der Waals surface area contributed by atoms with E-state index >= 15 is 0 Å². The van der Waals surface area contributed by atoms with Crippen molar-refractivity contribution in [3.8, 4) is 11.5 Å². The van der Waals surface area contributed by atoms with Crippen LogP contribution >= 0.6 is 27.7 Å². The molecule has 3 rings (SSSR count). The average Bonchev–Trinajstić information content (AvgIpc) is 2.96. The van der Waals surface area contributed by atoms with Crippen molar-refractivity contribution >= 4 is 27.7 Å². The molecule has 0 N–H and O–H groups in total. The minimum Gasteiger partial charge on any atom is -0.411 e. The van der Waals surface area contributed by atoms with Crippen LogP contribution in [-0.4, -0.2) is 10.2 Å². The van der Waals surface area contributed by atoms with Gasteiger partial charge in [-0.3, -0.25) is 0 Å². The van der Waals surface area contributed by atoms with Gasteiger partial charge in [0.25, 0.3) is 5.22 Å². The first-order valence-corrected chi connectivity index (χ1v) is 8.26. The van der Waals surface area contributed by atoms with Crippen LogP contribution in [0.25, 0.3) is 11.5 Å². The SMILES string of the molecule is Cc1ccc(CSc2nnc(-c3ccc(Br)cc3)o2)cc1. The Bertz CT molecular complexity index is 723. The predicted octanol–water partition coefficient (Wildman–Crippen LogP) is 5.10. The Morgan fingerprint density at radius 3 is 2.43 bits per heavy atom. The molecule has 0 aliphatic carbocycles. The largest absolute Gasteiger partial charge is 0.411 e. The average molecular weight is 361 g/mol. The van der Waals surface area contributed by atoms with Gasteiger partial charge < -0.3 is 4.42 Å². The van der Waals surface area contributed by atoms with E-state index in [1.165, 1.54) is 11.1 Å². The summed E-state index contributed by atoms with van der Waals surface area (Å²) in [4.78, 5) is 0. The summed E-state index contributed by atoms with van der Waals surface area (Å²) in [6, 6.07) is 16.3. The van der Waals surface area contributed by atoms with Gasteiger partial charge in [-0.05, 0) is 36.8 Å². The summed E-state index contributed by atoms with van der Waals surface area (Å²) >= 11 is 4.96. The van der Waals surface area contributed by atoms with Crippen molar-refractivity contribution < 1.29 is 4.42 Å². The molecule has 0 amide bonds. The lowest BCUT2D eigenvalue weighted by molar-refractivity contribution is 0.466. The Morgan fingerprint density at radius 1 is 1.00 bits per heavy atom. The number of halogens is 1. The maximum absolute atomic E-state index is 5.68. The second kappa shape index (κ2) is 6.45. The Balaban J connectivity index is 1.67. The molecule has 21 heavy (non-hydrogen) atoms. The summed E-state index contributed by atoms with van der Waals surface area (Å²) in [6.45, 7) is 2.08. The number of benzene rings is 2. The van der Waals surface area contributed by atoms with Crippen LogP contribution < -0.4 is 0 Å². The smallest absolute Gasteiger partial charge is 0.277 e. The van der Waals surface area contributed by atoms with E-state index in [0.29, 0.717) is 11.1 Å². The van der Waals surface area contributed by atoms with Gasteiger partial charge in [0.15, 0.2) is 0 Å². The third kappa shape index (κ3) is 3.74. The third-order valence-corrected chi connectivity index (χ3v) is 4.40. The number of aromatic nitrogens is 2. The van der Waals surface area contributed by atoms with Gasteiger partial charge >= 0.3 is 0 Å². The normalized spacial score (nSPS) is 10.8. The fourth-order valence-electron chi connectivity index (χ4n) is 1.81. The number of thioether (sulfide) groups is 1. The molecule has 1 heterocycles. The van der Waals surface area contributed by atoms with Crippen molar-refractivity contribution in [2.75, 3.05) is 0 Å². The second-order valence-electron chi connectivity index (χ2n) is 4.65. The molecule has 0 atom stereocenters. The zero-order valence-electron chi connectivity index (χ0n) is 11.4. The monoisotopic (exact) mass is 360 g/mol. The molecule has 0 spiro atoms. The molecular weight excluding hydrogens is 348 g/mol. The van der Waals surface area contributed by atoms with Gasteiger partial charge in [-0.2, -0.15) is 0 Å². The quantitative estimate of drug-likeness (QED) is 0.606. The first kappa shape index (κ1) is 14.4. The van der Waals surface area contributed by atoms with Crippen molar-refractivity contribution in [1.29, 1.82) is 0 Å². The van der Waals surface area contributed by atoms with Gasteiger partial charge in [0.05, 0.1) is 0 Å². The number of rotatable bonds is 4. The van der Waals surface area contributed by atoms with E-state index in [1.54, 1.807) is 11.8 Å². The van der Waals surface area contributed by atoms with Crippen LogP contribution in [0.3, 0.4) is 0 Å². The molecule has 0 saturated heterocycles. The van der Waals surface area contributed by atoms with Crippen LogP contribution in [0.15, 0.2) is 62.6 Å². The fourth-order valence-corrected chi connectivity index (χ4v) is 2.79. The number of hydrogen-bond acceptors (Lipinski definition) is 4. The zero-order chi connectivity index (χ0) is 14.7. The number of nitrogens with zero attached hydrogens (tertiary/aromatic N) is 2. The summed E-state index contributed by atoms with van der Waals surface area (Å²) in [7, 11) is 0. The summed E-state index contributed by atoms with van der Waals surface area (Å²) in [5.41, 5.74) is 3.43. The molecule has 0 unspecified atom stereocenters. The lowest BCUT2D eigenvalue weighted by atomic mass is 10.2. The van der Waals surface area contributed by atoms with Crippen LogP contribution in [0.4, 0.5) is 0 Å². The van der Waals surface area contributed by atoms with Crippen molar-refractivity contribution in [3.63, 3.8) is 0 Å². The highest BCUT2D eigenvalue weighted by atomic mass is 79.9. The molecule has 106 valence electrons. The molecule has 1 aromatic heterocycles. The summed E-state index contributed by atoms with van der Waals surface area (Å²) in [6.07, 6.45) is 0. The molecule has 0 fully saturated rings. The minimum atomic E-state index is 0.550. The van der Waals surface area contributed by atoms with Crippen molar-refractivity contribution in [2.24, 2.45) is 0 Å². The highest BCUT2D eigenvalue weighted by Crippen LogP contribution is 2.26. The molecule has 0 radical (unpaired) electrons. The number of hydrogen-bond donors (Lipinski definition) is 0. The van der Waals surface area contributed by atoms with Gasteiger partial charge in [-0.15, -0.1) is 10.2 Å². The van der Waals surface area contributed by atoms with Crippen LogP contribution in [0.1, 0.15) is 11.1 Å². The maximum Gasteiger partial charge on any atom is 0.277 e. The van der Waals surface area contributed by atoms with Gasteiger partial charge in [0, 0.05) is 15.8 Å². The molecule has 3 aromatic rings. The molecule has 2 aromatic carbocycles. The van der Waals surface area contributed by atoms with E-state index in [1.807, 2.05) is 24.3 Å². The van der Waals surface area contributed by atoms with E-state index in [0.717, 1.165) is 15.8 Å². The Morgan fingerprint density at radius 2 is 1.71 bits per heavy atom. The lowest BCUT2D eigenvalue weighted by Crippen LogP contribution is -1.81. The third-order valence-electron chi connectivity index (χ3n) is 2.98. The summed E-state index contributed by atoms with van der Waals surface area (Å²) in [5.74, 6) is 1.37. The number of aryl methyl sites for hydroxylation is 1. The minimum absolute atomic E-state index is 0.550. The predicted molar refractivity (Wildman–Crippen MR) is 88.2 cm³/mol. The van der Waals surface area contributed by atoms with Crippen molar-refractivity contribution in [1.82, 2.24) is 10.2 Å². The fraction of sp³-hybridized carbons (Fsp3) is 0.125. The first-order valence-electron chi connectivity index (χ1n) is 6.48. The van der Waals surface area contributed by atoms with Crippen LogP contribution in [-0.2, 0) is 5.75 Å². The van der Waals surface area contributed by atoms with Gasteiger partial charge in [0.1, 0.15) is 0 Å². The highest BCUT2D eigenvalue weighted by Gasteiger charge is 2.09. The van der Waals surface area contributed by atoms with Gasteiger partial charge in [0.2, 0.25) is 5.89 Å². The van der Waals surface area contributed by atoms with E-state index in [-0.39, 0.29) is 0 Å². The van der Waals surface area contributed by atoms with Crippen molar-refractivity contribution in [2.45, 2.75) is 17.9 Å². The van der Waals surface area contributed by atoms with Crippen LogP contribution in [0, 0.1) is 6.92 Å². The molecule has 0 saturated carbocycles. The molecule has 5 heteroatoms. The van der Waals surface area contributed by atoms with E-state index in [4.69, 9.17) is 4.42 Å². The molecule has 0 aliphatic heterocycles. The Labute approximate surface area is 135 Å². The van der Waals surface area contributed by atoms with E-state index in [2.05, 4.69) is 57.3 Å². The van der Waals surface area contributed by atoms with Crippen molar-refractivity contribution in [3.05, 3.63) is 64.1 Å². The Hall–Kier alpha value is -1.59. The summed E-state index contributed by atoms with van der Waals surface area (Å²) in [5, 5.41) is 8.76. The first-order chi connectivity index (χ1) is 10.2. The lowest BCUT2D eigenvalue weighted by Gasteiger charge is -1.98. The Kier molecular flexibility index (Phi) is 4.41. The molecular formula is C16H13BrN2OS. The standard InChI is InChI=1S/C16H13BrN2OS/c1-11-2-4-12(5-3-11)10-21-16-19-18-15(20-16)13-6-8-14(17)9-7-13/h2-9H,10H2,1H3. The van der Waals surface area contributed by atoms with Gasteiger partial charge in [-0.1, -0.05) is 57.5 Å². The topological polar surface area (TPSA) is 38.9 Å². The van der Waals surface area contributed by atoms with Crippen LogP contribution in [0.5, 0.6) is 0 Å². The van der Waals surface area contributed by atoms with Gasteiger partial charge in [-0.25, -0.2) is 0 Å². The maximum atomic E-state index is 5.68. The van der Waals surface area contributed by atoms with Crippen LogP contribution in [0.2, 0.25) is 0 Å².